The summed E-state index contributed by atoms with van der Waals surface area (Å²) < 4.78 is 69.7. The third-order valence-electron chi connectivity index (χ3n) is 10.3. The maximum Gasteiger partial charge on any atom is 0.347 e. The zero-order valence-electron chi connectivity index (χ0n) is 33.5. The molecule has 0 amide bonds. The molecule has 4 saturated heterocycles. The number of piperidine rings is 1. The normalized spacial score (nSPS) is 30.1. The van der Waals surface area contributed by atoms with Crippen LogP contribution in [0.5, 0.6) is 0 Å². The predicted octanol–water partition coefficient (Wildman–Crippen LogP) is 5.20. The summed E-state index contributed by atoms with van der Waals surface area (Å²) in [5.74, 6) is -2.75. The summed E-state index contributed by atoms with van der Waals surface area (Å²) in [6, 6.07) is 29.1. The summed E-state index contributed by atoms with van der Waals surface area (Å²) >= 11 is 0. The standard InChI is InChI=1S/C44H53NO13/c1-6-49-40(46)31(41(47)50-7-2)23-45-24-32(51-25-28-17-11-8-12-18-28)35-37(58-44(3,4)57-35)39(45)55-36-34-33(27-53-42(56-34)30-21-15-10-16-22-30)54-43(48-5)38(36)52-26-29-19-13-9-14-20-29/h8-23,32-39,42-43H,6-7,24-27H2,1-5H3/t32-,33-,34-,35-,36+,37-,38-,39+,42?,43+/m1/s1. The average Bonchev–Trinajstić information content (AvgIpc) is 3.58. The summed E-state index contributed by atoms with van der Waals surface area (Å²) in [5.41, 5.74) is 2.38. The zero-order valence-corrected chi connectivity index (χ0v) is 33.5. The number of nitrogens with zero attached hydrogens (tertiary/aromatic N) is 1. The monoisotopic (exact) mass is 803 g/mol. The minimum atomic E-state index is -1.06. The van der Waals surface area contributed by atoms with E-state index in [9.17, 15) is 9.59 Å². The second-order valence-corrected chi connectivity index (χ2v) is 14.8. The Kier molecular flexibility index (Phi) is 13.9. The van der Waals surface area contributed by atoms with Gasteiger partial charge in [0.1, 0.15) is 42.7 Å². The van der Waals surface area contributed by atoms with Gasteiger partial charge in [0, 0.05) is 25.4 Å². The number of likely N-dealkylation sites (tertiary alicyclic amines) is 1. The van der Waals surface area contributed by atoms with Crippen molar-refractivity contribution in [1.29, 1.82) is 0 Å². The van der Waals surface area contributed by atoms with Crippen molar-refractivity contribution in [1.82, 2.24) is 4.90 Å². The van der Waals surface area contributed by atoms with Crippen molar-refractivity contribution in [3.63, 3.8) is 0 Å². The van der Waals surface area contributed by atoms with Crippen molar-refractivity contribution in [3.8, 4) is 0 Å². The molecule has 1 unspecified atom stereocenters. The molecular weight excluding hydrogens is 750 g/mol. The number of benzene rings is 3. The van der Waals surface area contributed by atoms with Crippen LogP contribution in [0.2, 0.25) is 0 Å². The van der Waals surface area contributed by atoms with Gasteiger partial charge in [-0.05, 0) is 38.8 Å². The van der Waals surface area contributed by atoms with E-state index in [-0.39, 0.29) is 45.2 Å². The first-order valence-electron chi connectivity index (χ1n) is 19.8. The van der Waals surface area contributed by atoms with Crippen LogP contribution in [-0.4, -0.2) is 111 Å². The first kappa shape index (κ1) is 41.9. The molecule has 4 fully saturated rings. The highest BCUT2D eigenvalue weighted by atomic mass is 16.8. The third kappa shape index (κ3) is 9.79. The molecule has 14 heteroatoms. The van der Waals surface area contributed by atoms with E-state index in [1.165, 1.54) is 6.20 Å². The van der Waals surface area contributed by atoms with Crippen LogP contribution in [0.25, 0.3) is 0 Å². The Morgan fingerprint density at radius 3 is 1.95 bits per heavy atom. The van der Waals surface area contributed by atoms with Crippen molar-refractivity contribution in [2.45, 2.75) is 108 Å². The van der Waals surface area contributed by atoms with E-state index in [1.54, 1.807) is 25.9 Å². The predicted molar refractivity (Wildman–Crippen MR) is 206 cm³/mol. The van der Waals surface area contributed by atoms with Crippen molar-refractivity contribution < 1.29 is 61.7 Å². The van der Waals surface area contributed by atoms with E-state index in [4.69, 9.17) is 52.1 Å². The summed E-state index contributed by atoms with van der Waals surface area (Å²) in [6.45, 7) is 7.84. The van der Waals surface area contributed by atoms with Crippen molar-refractivity contribution >= 4 is 11.9 Å². The Labute approximate surface area is 339 Å². The number of rotatable bonds is 15. The Balaban J connectivity index is 1.29. The van der Waals surface area contributed by atoms with E-state index >= 15 is 0 Å². The van der Waals surface area contributed by atoms with Gasteiger partial charge in [0.05, 0.1) is 33.0 Å². The van der Waals surface area contributed by atoms with Crippen molar-refractivity contribution in [2.75, 3.05) is 33.5 Å². The maximum atomic E-state index is 13.4. The first-order chi connectivity index (χ1) is 28.2. The van der Waals surface area contributed by atoms with Crippen LogP contribution in [0.3, 0.4) is 0 Å². The molecule has 58 heavy (non-hydrogen) atoms. The van der Waals surface area contributed by atoms with E-state index < -0.39 is 79.3 Å². The second-order valence-electron chi connectivity index (χ2n) is 14.8. The molecule has 0 N–H and O–H groups in total. The average molecular weight is 804 g/mol. The fourth-order valence-electron chi connectivity index (χ4n) is 7.68. The van der Waals surface area contributed by atoms with Crippen LogP contribution < -0.4 is 0 Å². The van der Waals surface area contributed by atoms with Crippen molar-refractivity contribution in [2.24, 2.45) is 0 Å². The molecule has 4 heterocycles. The summed E-state index contributed by atoms with van der Waals surface area (Å²) in [7, 11) is 1.54. The van der Waals surface area contributed by atoms with Gasteiger partial charge in [-0.2, -0.15) is 0 Å². The van der Waals surface area contributed by atoms with Crippen LogP contribution in [0.4, 0.5) is 0 Å². The van der Waals surface area contributed by atoms with Gasteiger partial charge in [0.25, 0.3) is 0 Å². The highest BCUT2D eigenvalue weighted by Gasteiger charge is 2.58. The van der Waals surface area contributed by atoms with Gasteiger partial charge in [0.2, 0.25) is 0 Å². The van der Waals surface area contributed by atoms with Crippen LogP contribution in [0, 0.1) is 0 Å². The minimum absolute atomic E-state index is 0.0418. The lowest BCUT2D eigenvalue weighted by molar-refractivity contribution is -0.379. The molecule has 0 saturated carbocycles. The fourth-order valence-corrected chi connectivity index (χ4v) is 7.68. The topological polar surface area (TPSA) is 139 Å². The summed E-state index contributed by atoms with van der Waals surface area (Å²) in [4.78, 5) is 28.6. The van der Waals surface area contributed by atoms with Crippen LogP contribution in [-0.2, 0) is 74.9 Å². The van der Waals surface area contributed by atoms with E-state index in [0.717, 1.165) is 16.7 Å². The molecule has 14 nitrogen and oxygen atoms in total. The maximum absolute atomic E-state index is 13.4. The number of carbonyl (C=O) groups excluding carboxylic acids is 2. The van der Waals surface area contributed by atoms with Crippen LogP contribution >= 0.6 is 0 Å². The second kappa shape index (κ2) is 19.2. The Bertz CT molecular complexity index is 1790. The van der Waals surface area contributed by atoms with Gasteiger partial charge in [-0.3, -0.25) is 0 Å². The number of methoxy groups -OCH3 is 1. The summed E-state index contributed by atoms with van der Waals surface area (Å²) in [6.07, 6.45) is -6.37. The quantitative estimate of drug-likeness (QED) is 0.0861. The molecule has 3 aromatic carbocycles. The molecule has 3 aromatic rings. The molecule has 0 radical (unpaired) electrons. The number of fused-ring (bicyclic) bond motifs is 2. The summed E-state index contributed by atoms with van der Waals surface area (Å²) in [5, 5.41) is 0. The van der Waals surface area contributed by atoms with Gasteiger partial charge in [-0.25, -0.2) is 9.59 Å². The van der Waals surface area contributed by atoms with Crippen molar-refractivity contribution in [3.05, 3.63) is 119 Å². The largest absolute Gasteiger partial charge is 0.462 e. The lowest BCUT2D eigenvalue weighted by atomic mass is 9.95. The smallest absolute Gasteiger partial charge is 0.347 e. The Morgan fingerprint density at radius 2 is 1.34 bits per heavy atom. The highest BCUT2D eigenvalue weighted by Crippen LogP contribution is 2.42. The van der Waals surface area contributed by atoms with Gasteiger partial charge in [-0.1, -0.05) is 91.0 Å². The molecule has 0 aromatic heterocycles. The van der Waals surface area contributed by atoms with E-state index in [2.05, 4.69) is 0 Å². The van der Waals surface area contributed by atoms with E-state index in [0.29, 0.717) is 0 Å². The molecule has 4 aliphatic heterocycles. The van der Waals surface area contributed by atoms with Gasteiger partial charge >= 0.3 is 11.9 Å². The molecule has 10 atom stereocenters. The zero-order chi connectivity index (χ0) is 40.6. The van der Waals surface area contributed by atoms with Crippen LogP contribution in [0.15, 0.2) is 103 Å². The number of esters is 2. The number of hydrogen-bond donors (Lipinski definition) is 0. The number of carbonyl (C=O) groups is 2. The molecule has 0 bridgehead atoms. The number of ether oxygens (including phenoxy) is 11. The van der Waals surface area contributed by atoms with Crippen LogP contribution in [0.1, 0.15) is 50.7 Å². The minimum Gasteiger partial charge on any atom is -0.462 e. The highest BCUT2D eigenvalue weighted by molar-refractivity contribution is 6.13. The van der Waals surface area contributed by atoms with Gasteiger partial charge in [-0.15, -0.1) is 0 Å². The number of hydrogen-bond acceptors (Lipinski definition) is 14. The molecule has 0 spiro atoms. The first-order valence-corrected chi connectivity index (χ1v) is 19.8. The fraction of sp³-hybridized carbons (Fsp3) is 0.500. The molecule has 4 aliphatic rings. The third-order valence-corrected chi connectivity index (χ3v) is 10.3. The Hall–Kier alpha value is -4.22. The Morgan fingerprint density at radius 1 is 0.759 bits per heavy atom. The molecular formula is C44H53NO13. The van der Waals surface area contributed by atoms with E-state index in [1.807, 2.05) is 105 Å². The van der Waals surface area contributed by atoms with Gasteiger partial charge < -0.3 is 57.0 Å². The van der Waals surface area contributed by atoms with Gasteiger partial charge in [0.15, 0.2) is 30.2 Å². The lowest BCUT2D eigenvalue weighted by Crippen LogP contribution is -2.67. The molecule has 312 valence electrons. The lowest BCUT2D eigenvalue weighted by Gasteiger charge is -2.51. The SMILES string of the molecule is CCOC(=O)C(=CN1C[C@@H](OCc2ccccc2)[C@H]2OC(C)(C)O[C@H]2[C@@H]1O[C@@H]1[C@@H](OCc2ccccc2)[C@@H](OC)O[C@@H]2COC(c3ccccc3)O[C@@H]12)C(=O)OCC. The molecule has 0 aliphatic carbocycles. The molecule has 7 rings (SSSR count).